The Kier molecular flexibility index (Phi) is 7.17. The van der Waals surface area contributed by atoms with E-state index in [2.05, 4.69) is 16.7 Å². The van der Waals surface area contributed by atoms with Crippen LogP contribution in [0.15, 0.2) is 97.1 Å². The van der Waals surface area contributed by atoms with E-state index < -0.39 is 18.1 Å². The average molecular weight is 493 g/mol. The number of fused-ring (bicyclic) bond motifs is 1. The number of anilines is 2. The number of benzene rings is 4. The van der Waals surface area contributed by atoms with E-state index in [1.165, 1.54) is 18.2 Å². The van der Waals surface area contributed by atoms with Crippen molar-refractivity contribution in [3.63, 3.8) is 0 Å². The number of rotatable bonds is 7. The van der Waals surface area contributed by atoms with Gasteiger partial charge < -0.3 is 20.1 Å². The van der Waals surface area contributed by atoms with E-state index in [0.717, 1.165) is 36.1 Å². The van der Waals surface area contributed by atoms with Gasteiger partial charge in [0.1, 0.15) is 17.4 Å². The molecule has 0 spiro atoms. The minimum Gasteiger partial charge on any atom is -0.480 e. The first-order valence-electron chi connectivity index (χ1n) is 12.3. The summed E-state index contributed by atoms with van der Waals surface area (Å²) >= 11 is 0. The van der Waals surface area contributed by atoms with Crippen molar-refractivity contribution in [2.24, 2.45) is 0 Å². The molecule has 0 heterocycles. The molecule has 0 saturated carbocycles. The van der Waals surface area contributed by atoms with Gasteiger partial charge in [-0.1, -0.05) is 66.7 Å². The number of ether oxygens (including phenoxy) is 2. The smallest absolute Gasteiger partial charge is 0.341 e. The molecular formula is C31H28N2O4. The first-order chi connectivity index (χ1) is 18.1. The molecule has 6 nitrogen and oxygen atoms in total. The fourth-order valence-electron chi connectivity index (χ4n) is 4.63. The molecule has 0 radical (unpaired) electrons. The maximum absolute atomic E-state index is 12.7. The molecule has 2 amide bonds. The molecule has 0 bridgehead atoms. The van der Waals surface area contributed by atoms with Crippen molar-refractivity contribution in [2.75, 3.05) is 17.7 Å². The summed E-state index contributed by atoms with van der Waals surface area (Å²) in [7, 11) is 1.32. The number of nitrogens with one attached hydrogen (secondary N) is 2. The van der Waals surface area contributed by atoms with E-state index in [4.69, 9.17) is 9.47 Å². The van der Waals surface area contributed by atoms with Crippen LogP contribution in [-0.2, 0) is 17.6 Å². The van der Waals surface area contributed by atoms with E-state index in [1.807, 2.05) is 72.8 Å². The molecule has 6 heteroatoms. The largest absolute Gasteiger partial charge is 0.480 e. The molecule has 186 valence electrons. The SMILES string of the molecule is COC(=O)c1cc(NC(=O)Nc2ccc3c(c2)CCC3)ccc1OC(c1ccccc1)c1ccccc1. The summed E-state index contributed by atoms with van der Waals surface area (Å²) in [4.78, 5) is 25.4. The third kappa shape index (κ3) is 5.64. The van der Waals surface area contributed by atoms with E-state index in [1.54, 1.807) is 18.2 Å². The van der Waals surface area contributed by atoms with Crippen molar-refractivity contribution in [2.45, 2.75) is 25.4 Å². The number of hydrogen-bond donors (Lipinski definition) is 2. The minimum atomic E-state index is -0.558. The highest BCUT2D eigenvalue weighted by atomic mass is 16.5. The van der Waals surface area contributed by atoms with Gasteiger partial charge in [-0.15, -0.1) is 0 Å². The van der Waals surface area contributed by atoms with Crippen LogP contribution in [0, 0.1) is 0 Å². The highest BCUT2D eigenvalue weighted by Gasteiger charge is 2.21. The summed E-state index contributed by atoms with van der Waals surface area (Å²) in [6.07, 6.45) is 2.82. The summed E-state index contributed by atoms with van der Waals surface area (Å²) in [5.41, 5.74) is 5.91. The molecule has 4 aromatic rings. The molecule has 0 fully saturated rings. The first kappa shape index (κ1) is 24.1. The van der Waals surface area contributed by atoms with Crippen molar-refractivity contribution in [3.8, 4) is 5.75 Å². The van der Waals surface area contributed by atoms with Gasteiger partial charge in [-0.05, 0) is 71.8 Å². The number of urea groups is 1. The van der Waals surface area contributed by atoms with E-state index in [9.17, 15) is 9.59 Å². The quantitative estimate of drug-likeness (QED) is 0.279. The lowest BCUT2D eigenvalue weighted by atomic mass is 10.0. The summed E-state index contributed by atoms with van der Waals surface area (Å²) in [6, 6.07) is 30.1. The number of carbonyl (C=O) groups is 2. The van der Waals surface area contributed by atoms with Crippen LogP contribution in [0.25, 0.3) is 0 Å². The van der Waals surface area contributed by atoms with Gasteiger partial charge in [0, 0.05) is 11.4 Å². The van der Waals surface area contributed by atoms with Crippen LogP contribution in [-0.4, -0.2) is 19.1 Å². The topological polar surface area (TPSA) is 76.7 Å². The Morgan fingerprint density at radius 2 is 1.32 bits per heavy atom. The van der Waals surface area contributed by atoms with Gasteiger partial charge in [0.25, 0.3) is 0 Å². The maximum atomic E-state index is 12.7. The molecule has 0 unspecified atom stereocenters. The van der Waals surface area contributed by atoms with Crippen molar-refractivity contribution < 1.29 is 19.1 Å². The Hall–Kier alpha value is -4.58. The lowest BCUT2D eigenvalue weighted by Gasteiger charge is -2.22. The zero-order chi connectivity index (χ0) is 25.6. The van der Waals surface area contributed by atoms with Crippen molar-refractivity contribution >= 4 is 23.4 Å². The van der Waals surface area contributed by atoms with Gasteiger partial charge in [-0.3, -0.25) is 0 Å². The summed E-state index contributed by atoms with van der Waals surface area (Å²) in [6.45, 7) is 0. The molecule has 37 heavy (non-hydrogen) atoms. The zero-order valence-corrected chi connectivity index (χ0v) is 20.6. The number of aryl methyl sites for hydroxylation is 2. The second kappa shape index (κ2) is 11.0. The second-order valence-electron chi connectivity index (χ2n) is 8.94. The first-order valence-corrected chi connectivity index (χ1v) is 12.3. The fraction of sp³-hybridized carbons (Fsp3) is 0.161. The summed E-state index contributed by atoms with van der Waals surface area (Å²) in [5, 5.41) is 5.68. The Balaban J connectivity index is 1.38. The Morgan fingerprint density at radius 1 is 0.730 bits per heavy atom. The molecule has 2 N–H and O–H groups in total. The Morgan fingerprint density at radius 3 is 1.97 bits per heavy atom. The van der Waals surface area contributed by atoms with Crippen LogP contribution in [0.1, 0.15) is 45.1 Å². The Bertz CT molecular complexity index is 1360. The predicted octanol–water partition coefficient (Wildman–Crippen LogP) is 6.77. The average Bonchev–Trinajstić information content (AvgIpc) is 3.41. The molecule has 0 aliphatic heterocycles. The lowest BCUT2D eigenvalue weighted by molar-refractivity contribution is 0.0594. The van der Waals surface area contributed by atoms with Crippen molar-refractivity contribution in [1.82, 2.24) is 0 Å². The molecule has 0 aromatic heterocycles. The molecule has 1 aliphatic carbocycles. The van der Waals surface area contributed by atoms with Gasteiger partial charge in [0.2, 0.25) is 0 Å². The summed E-state index contributed by atoms with van der Waals surface area (Å²) in [5.74, 6) is -0.202. The number of amides is 2. The molecule has 4 aromatic carbocycles. The lowest BCUT2D eigenvalue weighted by Crippen LogP contribution is -2.20. The maximum Gasteiger partial charge on any atom is 0.341 e. The molecule has 0 atom stereocenters. The number of hydrogen-bond acceptors (Lipinski definition) is 4. The van der Waals surface area contributed by atoms with Gasteiger partial charge in [0.05, 0.1) is 7.11 Å². The minimum absolute atomic E-state index is 0.217. The van der Waals surface area contributed by atoms with Crippen molar-refractivity contribution in [1.29, 1.82) is 0 Å². The van der Waals surface area contributed by atoms with Crippen LogP contribution < -0.4 is 15.4 Å². The third-order valence-electron chi connectivity index (χ3n) is 6.45. The van der Waals surface area contributed by atoms with Gasteiger partial charge in [-0.25, -0.2) is 9.59 Å². The Labute approximate surface area is 216 Å². The van der Waals surface area contributed by atoms with Crippen LogP contribution in [0.4, 0.5) is 16.2 Å². The molecule has 1 aliphatic rings. The van der Waals surface area contributed by atoms with Crippen LogP contribution in [0.5, 0.6) is 5.75 Å². The van der Waals surface area contributed by atoms with E-state index >= 15 is 0 Å². The molecule has 5 rings (SSSR count). The monoisotopic (exact) mass is 492 g/mol. The number of esters is 1. The van der Waals surface area contributed by atoms with Crippen molar-refractivity contribution in [3.05, 3.63) is 125 Å². The standard InChI is InChI=1S/C31H28N2O4/c1-36-30(34)27-20-26(33-31(35)32-25-16-15-21-13-8-14-24(21)19-25)17-18-28(27)37-29(22-9-4-2-5-10-22)23-11-6-3-7-12-23/h2-7,9-12,15-20,29H,8,13-14H2,1H3,(H2,32,33,35). The second-order valence-corrected chi connectivity index (χ2v) is 8.94. The number of carbonyl (C=O) groups excluding carboxylic acids is 2. The van der Waals surface area contributed by atoms with E-state index in [0.29, 0.717) is 11.4 Å². The third-order valence-corrected chi connectivity index (χ3v) is 6.45. The number of methoxy groups -OCH3 is 1. The summed E-state index contributed by atoms with van der Waals surface area (Å²) < 4.78 is 11.4. The zero-order valence-electron chi connectivity index (χ0n) is 20.6. The normalized spacial score (nSPS) is 12.1. The molecule has 0 saturated heterocycles. The molecular weight excluding hydrogens is 464 g/mol. The highest BCUT2D eigenvalue weighted by Crippen LogP contribution is 2.32. The fourth-order valence-corrected chi connectivity index (χ4v) is 4.63. The van der Waals surface area contributed by atoms with Gasteiger partial charge >= 0.3 is 12.0 Å². The van der Waals surface area contributed by atoms with Crippen LogP contribution in [0.2, 0.25) is 0 Å². The van der Waals surface area contributed by atoms with Crippen LogP contribution >= 0.6 is 0 Å². The van der Waals surface area contributed by atoms with E-state index in [-0.39, 0.29) is 5.56 Å². The van der Waals surface area contributed by atoms with Crippen LogP contribution in [0.3, 0.4) is 0 Å². The van der Waals surface area contributed by atoms with Gasteiger partial charge in [0.15, 0.2) is 0 Å². The van der Waals surface area contributed by atoms with Gasteiger partial charge in [-0.2, -0.15) is 0 Å². The predicted molar refractivity (Wildman–Crippen MR) is 144 cm³/mol. The highest BCUT2D eigenvalue weighted by molar-refractivity contribution is 6.01.